The number of hydrogen-bond acceptors (Lipinski definition) is 7. The first-order valence-electron chi connectivity index (χ1n) is 9.05. The predicted molar refractivity (Wildman–Crippen MR) is 119 cm³/mol. The van der Waals surface area contributed by atoms with Gasteiger partial charge in [0, 0.05) is 42.3 Å². The molecule has 0 fully saturated rings. The van der Waals surface area contributed by atoms with Crippen LogP contribution in [0.25, 0.3) is 22.3 Å². The fraction of sp³-hybridized carbons (Fsp3) is 0.0952. The highest BCUT2D eigenvalue weighted by molar-refractivity contribution is 6.36. The van der Waals surface area contributed by atoms with Crippen LogP contribution in [-0.2, 0) is 0 Å². The smallest absolute Gasteiger partial charge is 0.163 e. The van der Waals surface area contributed by atoms with Crippen molar-refractivity contribution >= 4 is 45.7 Å². The van der Waals surface area contributed by atoms with Gasteiger partial charge in [-0.2, -0.15) is 5.26 Å². The topological polar surface area (TPSA) is 99.4 Å². The Morgan fingerprint density at radius 2 is 1.83 bits per heavy atom. The molecular weight excluding hydrogens is 421 g/mol. The molecule has 3 heterocycles. The molecule has 4 aromatic rings. The fourth-order valence-corrected chi connectivity index (χ4v) is 3.33. The van der Waals surface area contributed by atoms with Gasteiger partial charge in [0.2, 0.25) is 0 Å². The molecule has 2 N–H and O–H groups in total. The second-order valence-electron chi connectivity index (χ2n) is 6.31. The number of nitriles is 1. The van der Waals surface area contributed by atoms with Crippen LogP contribution in [0, 0.1) is 11.3 Å². The lowest BCUT2D eigenvalue weighted by Gasteiger charge is -2.12. The maximum atomic E-state index is 8.84. The van der Waals surface area contributed by atoms with Gasteiger partial charge in [-0.3, -0.25) is 4.98 Å². The highest BCUT2D eigenvalue weighted by atomic mass is 35.5. The summed E-state index contributed by atoms with van der Waals surface area (Å²) in [5, 5.41) is 17.2. The Kier molecular flexibility index (Phi) is 5.89. The van der Waals surface area contributed by atoms with Crippen LogP contribution in [0.15, 0.2) is 55.0 Å². The van der Waals surface area contributed by atoms with Gasteiger partial charge < -0.3 is 10.6 Å². The Morgan fingerprint density at radius 3 is 2.60 bits per heavy atom. The Morgan fingerprint density at radius 1 is 0.967 bits per heavy atom. The molecule has 0 atom stereocenters. The number of rotatable bonds is 6. The van der Waals surface area contributed by atoms with Crippen LogP contribution in [-0.4, -0.2) is 33.0 Å². The Hall–Kier alpha value is -3.47. The summed E-state index contributed by atoms with van der Waals surface area (Å²) in [5.74, 6) is 1.85. The van der Waals surface area contributed by atoms with Gasteiger partial charge in [0.05, 0.1) is 21.5 Å². The molecule has 0 bridgehead atoms. The van der Waals surface area contributed by atoms with Gasteiger partial charge in [-0.25, -0.2) is 15.0 Å². The molecule has 30 heavy (non-hydrogen) atoms. The van der Waals surface area contributed by atoms with E-state index in [-0.39, 0.29) is 0 Å². The molecule has 4 rings (SSSR count). The van der Waals surface area contributed by atoms with E-state index in [9.17, 15) is 0 Å². The number of halogens is 2. The van der Waals surface area contributed by atoms with Crippen LogP contribution in [0.2, 0.25) is 10.0 Å². The molecule has 3 aromatic heterocycles. The van der Waals surface area contributed by atoms with Crippen molar-refractivity contribution in [3.8, 4) is 17.5 Å². The molecule has 0 saturated heterocycles. The second kappa shape index (κ2) is 8.91. The quantitative estimate of drug-likeness (QED) is 0.419. The van der Waals surface area contributed by atoms with Crippen molar-refractivity contribution in [3.63, 3.8) is 0 Å². The van der Waals surface area contributed by atoms with Crippen LogP contribution in [0.4, 0.5) is 11.6 Å². The van der Waals surface area contributed by atoms with Gasteiger partial charge in [0.15, 0.2) is 5.82 Å². The van der Waals surface area contributed by atoms with Crippen molar-refractivity contribution < 1.29 is 0 Å². The van der Waals surface area contributed by atoms with Crippen molar-refractivity contribution in [3.05, 3.63) is 70.6 Å². The summed E-state index contributed by atoms with van der Waals surface area (Å²) in [6.07, 6.45) is 4.94. The molecule has 1 aromatic carbocycles. The highest BCUT2D eigenvalue weighted by Crippen LogP contribution is 2.30. The summed E-state index contributed by atoms with van der Waals surface area (Å²) in [6, 6.07) is 12.6. The van der Waals surface area contributed by atoms with E-state index in [2.05, 4.69) is 30.6 Å². The van der Waals surface area contributed by atoms with E-state index in [1.54, 1.807) is 42.7 Å². The van der Waals surface area contributed by atoms with E-state index in [1.807, 2.05) is 12.1 Å². The standard InChI is InChI=1S/C21H15Cl2N7/c22-14-2-3-15(17(23)9-14)21-29-18-5-6-25-12-16(18)20(30-21)27-8-7-26-19-4-1-13(10-24)11-28-19/h1-6,9,11-12H,7-8H2,(H,26,28)(H,27,29,30). The Balaban J connectivity index is 1.54. The first-order valence-corrected chi connectivity index (χ1v) is 9.81. The van der Waals surface area contributed by atoms with E-state index >= 15 is 0 Å². The molecule has 0 aliphatic heterocycles. The number of aromatic nitrogens is 4. The molecular formula is C21H15Cl2N7. The van der Waals surface area contributed by atoms with Gasteiger partial charge in [0.1, 0.15) is 17.7 Å². The van der Waals surface area contributed by atoms with Crippen LogP contribution < -0.4 is 10.6 Å². The monoisotopic (exact) mass is 435 g/mol. The van der Waals surface area contributed by atoms with Crippen molar-refractivity contribution in [1.82, 2.24) is 19.9 Å². The van der Waals surface area contributed by atoms with Crippen LogP contribution in [0.1, 0.15) is 5.56 Å². The third-order valence-corrected chi connectivity index (χ3v) is 4.83. The first kappa shape index (κ1) is 19.8. The van der Waals surface area contributed by atoms with Gasteiger partial charge in [0.25, 0.3) is 0 Å². The number of nitrogens with one attached hydrogen (secondary N) is 2. The minimum Gasteiger partial charge on any atom is -0.368 e. The second-order valence-corrected chi connectivity index (χ2v) is 7.15. The van der Waals surface area contributed by atoms with Crippen molar-refractivity contribution in [2.45, 2.75) is 0 Å². The zero-order valence-electron chi connectivity index (χ0n) is 15.6. The molecule has 7 nitrogen and oxygen atoms in total. The summed E-state index contributed by atoms with van der Waals surface area (Å²) in [4.78, 5) is 17.7. The number of nitrogens with zero attached hydrogens (tertiary/aromatic N) is 5. The molecule has 0 unspecified atom stereocenters. The van der Waals surface area contributed by atoms with Gasteiger partial charge in [-0.05, 0) is 36.4 Å². The number of hydrogen-bond donors (Lipinski definition) is 2. The van der Waals surface area contributed by atoms with Crippen LogP contribution in [0.3, 0.4) is 0 Å². The lowest BCUT2D eigenvalue weighted by atomic mass is 10.2. The lowest BCUT2D eigenvalue weighted by Crippen LogP contribution is -2.15. The number of fused-ring (bicyclic) bond motifs is 1. The third-order valence-electron chi connectivity index (χ3n) is 4.29. The summed E-state index contributed by atoms with van der Waals surface area (Å²) < 4.78 is 0. The zero-order valence-corrected chi connectivity index (χ0v) is 17.1. The Bertz CT molecular complexity index is 1240. The normalized spacial score (nSPS) is 10.6. The van der Waals surface area contributed by atoms with Gasteiger partial charge >= 0.3 is 0 Å². The molecule has 0 aliphatic carbocycles. The molecule has 0 amide bonds. The van der Waals surface area contributed by atoms with E-state index in [4.69, 9.17) is 28.5 Å². The maximum absolute atomic E-state index is 8.84. The molecule has 0 radical (unpaired) electrons. The third kappa shape index (κ3) is 4.40. The largest absolute Gasteiger partial charge is 0.368 e. The highest BCUT2D eigenvalue weighted by Gasteiger charge is 2.12. The van der Waals surface area contributed by atoms with Gasteiger partial charge in [-0.1, -0.05) is 23.2 Å². The zero-order chi connectivity index (χ0) is 20.9. The lowest BCUT2D eigenvalue weighted by molar-refractivity contribution is 1.04. The van der Waals surface area contributed by atoms with Crippen LogP contribution in [0.5, 0.6) is 0 Å². The van der Waals surface area contributed by atoms with Crippen molar-refractivity contribution in [2.75, 3.05) is 23.7 Å². The fourth-order valence-electron chi connectivity index (χ4n) is 2.83. The SMILES string of the molecule is N#Cc1ccc(NCCNc2nc(-c3ccc(Cl)cc3Cl)nc3ccncc23)nc1. The molecule has 0 saturated carbocycles. The minimum absolute atomic E-state index is 0.482. The van der Waals surface area contributed by atoms with Crippen LogP contribution >= 0.6 is 23.2 Å². The predicted octanol–water partition coefficient (Wildman–Crippen LogP) is 4.79. The summed E-state index contributed by atoms with van der Waals surface area (Å²) in [5.41, 5.74) is 1.97. The van der Waals surface area contributed by atoms with Gasteiger partial charge in [-0.15, -0.1) is 0 Å². The first-order chi connectivity index (χ1) is 14.6. The number of pyridine rings is 2. The molecule has 148 valence electrons. The van der Waals surface area contributed by atoms with E-state index in [0.717, 1.165) is 10.9 Å². The Labute approximate surface area is 182 Å². The molecule has 0 spiro atoms. The van der Waals surface area contributed by atoms with E-state index < -0.39 is 0 Å². The summed E-state index contributed by atoms with van der Waals surface area (Å²) in [6.45, 7) is 1.18. The number of anilines is 2. The summed E-state index contributed by atoms with van der Waals surface area (Å²) >= 11 is 12.4. The number of benzene rings is 1. The average molecular weight is 436 g/mol. The summed E-state index contributed by atoms with van der Waals surface area (Å²) in [7, 11) is 0. The molecule has 9 heteroatoms. The van der Waals surface area contributed by atoms with Crippen molar-refractivity contribution in [1.29, 1.82) is 5.26 Å². The minimum atomic E-state index is 0.482. The molecule has 0 aliphatic rings. The average Bonchev–Trinajstić information content (AvgIpc) is 2.77. The maximum Gasteiger partial charge on any atom is 0.163 e. The van der Waals surface area contributed by atoms with E-state index in [0.29, 0.717) is 51.7 Å². The van der Waals surface area contributed by atoms with Crippen molar-refractivity contribution in [2.24, 2.45) is 0 Å². The van der Waals surface area contributed by atoms with E-state index in [1.165, 1.54) is 6.20 Å².